The number of para-hydroxylation sites is 1. The maximum Gasteiger partial charge on any atom is 0.255 e. The molecule has 2 amide bonds. The van der Waals surface area contributed by atoms with Gasteiger partial charge in [0.05, 0.1) is 6.04 Å². The maximum atomic E-state index is 13.9. The van der Waals surface area contributed by atoms with Gasteiger partial charge in [-0.05, 0) is 43.1 Å². The van der Waals surface area contributed by atoms with Gasteiger partial charge in [0.1, 0.15) is 6.04 Å². The monoisotopic (exact) mass is 474 g/mol. The largest absolute Gasteiger partial charge is 0.353 e. The third-order valence-electron chi connectivity index (χ3n) is 7.18. The lowest BCUT2D eigenvalue weighted by atomic mass is 9.95. The van der Waals surface area contributed by atoms with Gasteiger partial charge < -0.3 is 19.7 Å². The molecule has 6 heteroatoms. The van der Waals surface area contributed by atoms with Gasteiger partial charge in [0.2, 0.25) is 5.91 Å². The van der Waals surface area contributed by atoms with Crippen LogP contribution in [0.4, 0.5) is 0 Å². The second-order valence-corrected chi connectivity index (χ2v) is 9.88. The molecule has 186 valence electrons. The van der Waals surface area contributed by atoms with E-state index in [1.54, 1.807) is 0 Å². The van der Waals surface area contributed by atoms with E-state index in [9.17, 15) is 9.59 Å². The van der Waals surface area contributed by atoms with Crippen LogP contribution in [0.1, 0.15) is 61.6 Å². The van der Waals surface area contributed by atoms with Gasteiger partial charge in [0.25, 0.3) is 5.91 Å². The molecule has 1 aliphatic heterocycles. The van der Waals surface area contributed by atoms with Gasteiger partial charge in [-0.2, -0.15) is 0 Å². The van der Waals surface area contributed by atoms with Crippen molar-refractivity contribution in [2.75, 3.05) is 26.2 Å². The summed E-state index contributed by atoms with van der Waals surface area (Å²) in [4.78, 5) is 31.6. The second kappa shape index (κ2) is 10.6. The van der Waals surface area contributed by atoms with Gasteiger partial charge in [-0.15, -0.1) is 0 Å². The highest BCUT2D eigenvalue weighted by Crippen LogP contribution is 2.43. The fourth-order valence-corrected chi connectivity index (χ4v) is 5.35. The number of rotatable bonds is 10. The summed E-state index contributed by atoms with van der Waals surface area (Å²) >= 11 is 0. The second-order valence-electron chi connectivity index (χ2n) is 9.88. The number of carbonyl (C=O) groups is 2. The van der Waals surface area contributed by atoms with Crippen molar-refractivity contribution >= 4 is 22.7 Å². The smallest absolute Gasteiger partial charge is 0.255 e. The number of aryl methyl sites for hydroxylation is 1. The van der Waals surface area contributed by atoms with Gasteiger partial charge in [0, 0.05) is 48.4 Å². The quantitative estimate of drug-likeness (QED) is 0.467. The first kappa shape index (κ1) is 25.0. The molecule has 2 atom stereocenters. The summed E-state index contributed by atoms with van der Waals surface area (Å²) in [6.07, 6.45) is 2.72. The van der Waals surface area contributed by atoms with Gasteiger partial charge in [0.15, 0.2) is 0 Å². The van der Waals surface area contributed by atoms with Gasteiger partial charge in [-0.25, -0.2) is 0 Å². The number of hydrogen-bond donors (Lipinski definition) is 1. The van der Waals surface area contributed by atoms with Crippen LogP contribution in [-0.2, 0) is 11.8 Å². The molecule has 0 saturated carbocycles. The topological polar surface area (TPSA) is 57.6 Å². The summed E-state index contributed by atoms with van der Waals surface area (Å²) in [5, 5.41) is 4.26. The lowest BCUT2D eigenvalue weighted by Crippen LogP contribution is -2.50. The van der Waals surface area contributed by atoms with Crippen molar-refractivity contribution in [3.63, 3.8) is 0 Å². The van der Waals surface area contributed by atoms with Gasteiger partial charge >= 0.3 is 0 Å². The van der Waals surface area contributed by atoms with Crippen molar-refractivity contribution in [1.29, 1.82) is 0 Å². The lowest BCUT2D eigenvalue weighted by molar-refractivity contribution is -0.126. The normalized spacial score (nSPS) is 16.4. The number of nitrogens with zero attached hydrogens (tertiary/aromatic N) is 3. The van der Waals surface area contributed by atoms with E-state index in [2.05, 4.69) is 60.8 Å². The Balaban J connectivity index is 1.75. The predicted octanol–water partition coefficient (Wildman–Crippen LogP) is 4.60. The molecular weight excluding hydrogens is 436 g/mol. The minimum absolute atomic E-state index is 0.0666. The maximum absolute atomic E-state index is 13.9. The fourth-order valence-electron chi connectivity index (χ4n) is 5.35. The number of likely N-dealkylation sites (N-methyl/N-ethyl adjacent to an activating group) is 1. The predicted molar refractivity (Wildman–Crippen MR) is 141 cm³/mol. The van der Waals surface area contributed by atoms with Crippen LogP contribution in [0.5, 0.6) is 0 Å². The van der Waals surface area contributed by atoms with E-state index >= 15 is 0 Å². The van der Waals surface area contributed by atoms with Crippen molar-refractivity contribution in [2.24, 2.45) is 13.0 Å². The third kappa shape index (κ3) is 4.85. The number of amides is 2. The standard InChI is InChI=1S/C29H38N4O2/c1-6-32(7-2)17-16-30-28(34)26(18-20(3)4)33-27(22-13-8-9-14-23(22)29(33)35)24-19-31(5)25-15-11-10-12-21(24)25/h8-15,19-20,26-27H,6-7,16-18H2,1-5H3,(H,30,34). The van der Waals surface area contributed by atoms with Crippen molar-refractivity contribution in [3.05, 3.63) is 71.4 Å². The molecule has 0 spiro atoms. The molecule has 2 heterocycles. The summed E-state index contributed by atoms with van der Waals surface area (Å²) in [5.41, 5.74) is 3.84. The number of benzene rings is 2. The summed E-state index contributed by atoms with van der Waals surface area (Å²) in [7, 11) is 2.03. The summed E-state index contributed by atoms with van der Waals surface area (Å²) in [6, 6.07) is 15.2. The van der Waals surface area contributed by atoms with E-state index in [0.717, 1.165) is 41.7 Å². The Labute approximate surface area is 208 Å². The van der Waals surface area contributed by atoms with E-state index in [4.69, 9.17) is 0 Å². The van der Waals surface area contributed by atoms with Crippen LogP contribution in [-0.4, -0.2) is 58.4 Å². The van der Waals surface area contributed by atoms with E-state index in [0.29, 0.717) is 18.5 Å². The van der Waals surface area contributed by atoms with Crippen LogP contribution in [0.2, 0.25) is 0 Å². The van der Waals surface area contributed by atoms with Crippen LogP contribution >= 0.6 is 0 Å². The van der Waals surface area contributed by atoms with E-state index in [1.807, 2.05) is 48.3 Å². The van der Waals surface area contributed by atoms with Gasteiger partial charge in [-0.3, -0.25) is 9.59 Å². The first-order valence-electron chi connectivity index (χ1n) is 12.8. The Morgan fingerprint density at radius 1 is 1.03 bits per heavy atom. The Hall–Kier alpha value is -3.12. The Bertz CT molecular complexity index is 1190. The van der Waals surface area contributed by atoms with Crippen molar-refractivity contribution in [1.82, 2.24) is 19.7 Å². The molecule has 0 saturated heterocycles. The zero-order valence-electron chi connectivity index (χ0n) is 21.6. The first-order valence-corrected chi connectivity index (χ1v) is 12.8. The minimum atomic E-state index is -0.546. The van der Waals surface area contributed by atoms with Crippen molar-refractivity contribution in [2.45, 2.75) is 46.2 Å². The minimum Gasteiger partial charge on any atom is -0.353 e. The SMILES string of the molecule is CCN(CC)CCNC(=O)C(CC(C)C)N1C(=O)c2ccccc2C1c1cn(C)c2ccccc12. The number of fused-ring (bicyclic) bond motifs is 2. The molecule has 35 heavy (non-hydrogen) atoms. The van der Waals surface area contributed by atoms with Gasteiger partial charge in [-0.1, -0.05) is 64.1 Å². The molecular formula is C29H38N4O2. The molecule has 0 aliphatic carbocycles. The first-order chi connectivity index (χ1) is 16.9. The average molecular weight is 475 g/mol. The van der Waals surface area contributed by atoms with Crippen LogP contribution in [0.25, 0.3) is 10.9 Å². The highest BCUT2D eigenvalue weighted by atomic mass is 16.2. The van der Waals surface area contributed by atoms with Crippen LogP contribution in [0.3, 0.4) is 0 Å². The Morgan fingerprint density at radius 2 is 1.71 bits per heavy atom. The molecule has 0 bridgehead atoms. The van der Waals surface area contributed by atoms with E-state index < -0.39 is 6.04 Å². The van der Waals surface area contributed by atoms with Crippen LogP contribution in [0, 0.1) is 5.92 Å². The molecule has 1 aromatic heterocycles. The Morgan fingerprint density at radius 3 is 2.43 bits per heavy atom. The highest BCUT2D eigenvalue weighted by Gasteiger charge is 2.44. The van der Waals surface area contributed by atoms with Crippen molar-refractivity contribution in [3.8, 4) is 0 Å². The molecule has 2 unspecified atom stereocenters. The van der Waals surface area contributed by atoms with E-state index in [-0.39, 0.29) is 23.8 Å². The van der Waals surface area contributed by atoms with Crippen molar-refractivity contribution < 1.29 is 9.59 Å². The number of nitrogens with one attached hydrogen (secondary N) is 1. The molecule has 4 rings (SSSR count). The summed E-state index contributed by atoms with van der Waals surface area (Å²) in [5.74, 6) is 0.124. The fraction of sp³-hybridized carbons (Fsp3) is 0.448. The molecule has 1 aliphatic rings. The number of hydrogen-bond acceptors (Lipinski definition) is 3. The molecule has 2 aromatic carbocycles. The molecule has 1 N–H and O–H groups in total. The third-order valence-corrected chi connectivity index (χ3v) is 7.18. The zero-order chi connectivity index (χ0) is 25.1. The average Bonchev–Trinajstić information content (AvgIpc) is 3.34. The molecule has 0 radical (unpaired) electrons. The molecule has 6 nitrogen and oxygen atoms in total. The van der Waals surface area contributed by atoms with E-state index in [1.165, 1.54) is 0 Å². The zero-order valence-corrected chi connectivity index (χ0v) is 21.6. The molecule has 3 aromatic rings. The van der Waals surface area contributed by atoms with Crippen LogP contribution in [0.15, 0.2) is 54.7 Å². The summed E-state index contributed by atoms with van der Waals surface area (Å²) < 4.78 is 2.11. The lowest BCUT2D eigenvalue weighted by Gasteiger charge is -2.34. The number of aromatic nitrogens is 1. The Kier molecular flexibility index (Phi) is 7.60. The van der Waals surface area contributed by atoms with Crippen LogP contribution < -0.4 is 5.32 Å². The summed E-state index contributed by atoms with van der Waals surface area (Å²) in [6.45, 7) is 11.7. The number of carbonyl (C=O) groups excluding carboxylic acids is 2. The highest BCUT2D eigenvalue weighted by molar-refractivity contribution is 6.03. The molecule has 0 fully saturated rings.